The Labute approximate surface area is 198 Å². The number of hydrogen-bond donors (Lipinski definition) is 1. The molecule has 2 atom stereocenters. The summed E-state index contributed by atoms with van der Waals surface area (Å²) in [5.41, 5.74) is 1.08. The summed E-state index contributed by atoms with van der Waals surface area (Å²) in [5.74, 6) is 0.534. The van der Waals surface area contributed by atoms with Crippen LogP contribution in [0.2, 0.25) is 0 Å². The van der Waals surface area contributed by atoms with Gasteiger partial charge in [-0.05, 0) is 38.1 Å². The lowest BCUT2D eigenvalue weighted by molar-refractivity contribution is -0.00537. The van der Waals surface area contributed by atoms with Crippen LogP contribution >= 0.6 is 0 Å². The Morgan fingerprint density at radius 3 is 2.47 bits per heavy atom. The van der Waals surface area contributed by atoms with Crippen molar-refractivity contribution in [3.05, 3.63) is 42.4 Å². The number of carbonyl (C=O) groups is 1. The average molecular weight is 488 g/mol. The van der Waals surface area contributed by atoms with Gasteiger partial charge in [0.15, 0.2) is 5.65 Å². The molecule has 3 heterocycles. The minimum absolute atomic E-state index is 0.107. The number of morpholine rings is 1. The van der Waals surface area contributed by atoms with Crippen molar-refractivity contribution in [1.29, 1.82) is 0 Å². The van der Waals surface area contributed by atoms with E-state index in [-0.39, 0.29) is 23.0 Å². The predicted molar refractivity (Wildman–Crippen MR) is 127 cm³/mol. The van der Waals surface area contributed by atoms with Crippen LogP contribution in [0.4, 0.5) is 5.82 Å². The second-order valence-corrected chi connectivity index (χ2v) is 10.7. The van der Waals surface area contributed by atoms with Gasteiger partial charge in [-0.1, -0.05) is 0 Å². The fraction of sp³-hybridized carbons (Fsp3) is 0.455. The Kier molecular flexibility index (Phi) is 6.82. The quantitative estimate of drug-likeness (QED) is 0.526. The van der Waals surface area contributed by atoms with Crippen molar-refractivity contribution in [3.8, 4) is 0 Å². The Hall–Kier alpha value is -3.09. The van der Waals surface area contributed by atoms with Crippen LogP contribution in [0.3, 0.4) is 0 Å². The van der Waals surface area contributed by atoms with Gasteiger partial charge >= 0.3 is 0 Å². The number of fused-ring (bicyclic) bond motifs is 1. The molecule has 1 N–H and O–H groups in total. The summed E-state index contributed by atoms with van der Waals surface area (Å²) in [6.45, 7) is 6.33. The van der Waals surface area contributed by atoms with Gasteiger partial charge in [-0.15, -0.1) is 0 Å². The molecule has 1 saturated heterocycles. The van der Waals surface area contributed by atoms with Gasteiger partial charge in [0.05, 0.1) is 35.2 Å². The van der Waals surface area contributed by atoms with Crippen molar-refractivity contribution in [2.45, 2.75) is 37.5 Å². The highest BCUT2D eigenvalue weighted by molar-refractivity contribution is 7.89. The molecule has 1 amide bonds. The van der Waals surface area contributed by atoms with Gasteiger partial charge < -0.3 is 15.0 Å². The van der Waals surface area contributed by atoms with E-state index in [0.29, 0.717) is 24.3 Å². The van der Waals surface area contributed by atoms with Gasteiger partial charge in [-0.25, -0.2) is 27.4 Å². The Morgan fingerprint density at radius 2 is 1.82 bits per heavy atom. The second-order valence-electron chi connectivity index (χ2n) is 8.53. The average Bonchev–Trinajstić information content (AvgIpc) is 3.21. The van der Waals surface area contributed by atoms with E-state index in [4.69, 9.17) is 4.74 Å². The molecule has 0 radical (unpaired) electrons. The number of ether oxygens (including phenoxy) is 1. The van der Waals surface area contributed by atoms with Crippen LogP contribution < -0.4 is 10.2 Å². The van der Waals surface area contributed by atoms with Crippen LogP contribution in [-0.2, 0) is 21.3 Å². The van der Waals surface area contributed by atoms with Crippen molar-refractivity contribution in [1.82, 2.24) is 29.4 Å². The van der Waals surface area contributed by atoms with Gasteiger partial charge in [0.2, 0.25) is 10.0 Å². The number of sulfonamides is 1. The molecule has 0 spiro atoms. The van der Waals surface area contributed by atoms with Crippen LogP contribution in [0, 0.1) is 0 Å². The second kappa shape index (κ2) is 9.65. The topological polar surface area (TPSA) is 123 Å². The highest BCUT2D eigenvalue weighted by Crippen LogP contribution is 2.25. The molecular formula is C22H29N7O4S. The number of nitrogens with one attached hydrogen (secondary N) is 1. The number of anilines is 1. The lowest BCUT2D eigenvalue weighted by atomic mass is 10.2. The van der Waals surface area contributed by atoms with Gasteiger partial charge in [0, 0.05) is 39.3 Å². The molecule has 1 aliphatic rings. The maximum Gasteiger partial charge on any atom is 0.251 e. The first-order valence-corrected chi connectivity index (χ1v) is 12.5. The number of carbonyl (C=O) groups excluding carboxylic acids is 1. The summed E-state index contributed by atoms with van der Waals surface area (Å²) in [5, 5.41) is 8.14. The van der Waals surface area contributed by atoms with E-state index >= 15 is 0 Å². The molecule has 4 rings (SSSR count). The molecule has 1 aromatic carbocycles. The number of amides is 1. The highest BCUT2D eigenvalue weighted by Gasteiger charge is 2.25. The molecule has 34 heavy (non-hydrogen) atoms. The van der Waals surface area contributed by atoms with Crippen molar-refractivity contribution in [2.24, 2.45) is 0 Å². The summed E-state index contributed by atoms with van der Waals surface area (Å²) in [4.78, 5) is 23.7. The summed E-state index contributed by atoms with van der Waals surface area (Å²) >= 11 is 0. The normalized spacial score (nSPS) is 19.0. The Balaban J connectivity index is 1.41. The highest BCUT2D eigenvalue weighted by atomic mass is 32.2. The van der Waals surface area contributed by atoms with Crippen molar-refractivity contribution in [2.75, 3.05) is 38.6 Å². The summed E-state index contributed by atoms with van der Waals surface area (Å²) in [7, 11) is -0.611. The summed E-state index contributed by atoms with van der Waals surface area (Å²) in [6.07, 6.45) is 3.50. The summed E-state index contributed by atoms with van der Waals surface area (Å²) < 4.78 is 33.0. The molecule has 182 valence electrons. The van der Waals surface area contributed by atoms with Crippen molar-refractivity contribution < 1.29 is 17.9 Å². The van der Waals surface area contributed by atoms with Crippen molar-refractivity contribution in [3.63, 3.8) is 0 Å². The van der Waals surface area contributed by atoms with E-state index in [9.17, 15) is 13.2 Å². The molecule has 11 nitrogen and oxygen atoms in total. The number of aromatic nitrogens is 4. The molecule has 3 aromatic rings. The molecule has 1 fully saturated rings. The third-order valence-electron chi connectivity index (χ3n) is 5.64. The predicted octanol–water partition coefficient (Wildman–Crippen LogP) is 1.12. The molecule has 1 aliphatic heterocycles. The third-order valence-corrected chi connectivity index (χ3v) is 7.47. The SMILES string of the molecule is C[C@@H]1CN(c2ncnc3c2cnn3CCNC(=O)c2ccc(S(=O)(=O)N(C)C)cc2)C[C@@H](C)O1. The number of benzene rings is 1. The smallest absolute Gasteiger partial charge is 0.251 e. The zero-order valence-corrected chi connectivity index (χ0v) is 20.5. The van der Waals surface area contributed by atoms with Gasteiger partial charge in [0.25, 0.3) is 5.91 Å². The van der Waals surface area contributed by atoms with Crippen LogP contribution in [0.25, 0.3) is 11.0 Å². The maximum absolute atomic E-state index is 12.5. The number of hydrogen-bond acceptors (Lipinski definition) is 8. The van der Waals surface area contributed by atoms with E-state index < -0.39 is 10.0 Å². The minimum Gasteiger partial charge on any atom is -0.372 e. The van der Waals surface area contributed by atoms with Crippen LogP contribution in [0.1, 0.15) is 24.2 Å². The number of rotatable bonds is 7. The van der Waals surface area contributed by atoms with Gasteiger partial charge in [-0.3, -0.25) is 4.79 Å². The minimum atomic E-state index is -3.54. The zero-order valence-electron chi connectivity index (χ0n) is 19.7. The number of nitrogens with zero attached hydrogens (tertiary/aromatic N) is 6. The van der Waals surface area contributed by atoms with Gasteiger partial charge in [-0.2, -0.15) is 5.10 Å². The maximum atomic E-state index is 12.5. The van der Waals surface area contributed by atoms with E-state index in [1.807, 2.05) is 13.8 Å². The first-order valence-electron chi connectivity index (χ1n) is 11.0. The van der Waals surface area contributed by atoms with Crippen LogP contribution in [0.5, 0.6) is 0 Å². The largest absolute Gasteiger partial charge is 0.372 e. The van der Waals surface area contributed by atoms with E-state index in [2.05, 4.69) is 25.3 Å². The van der Waals surface area contributed by atoms with Gasteiger partial charge in [0.1, 0.15) is 12.1 Å². The summed E-state index contributed by atoms with van der Waals surface area (Å²) in [6, 6.07) is 5.85. The molecule has 12 heteroatoms. The zero-order chi connectivity index (χ0) is 24.5. The molecule has 0 unspecified atom stereocenters. The fourth-order valence-corrected chi connectivity index (χ4v) is 4.92. The van der Waals surface area contributed by atoms with Crippen molar-refractivity contribution >= 4 is 32.8 Å². The Morgan fingerprint density at radius 1 is 1.15 bits per heavy atom. The van der Waals surface area contributed by atoms with Crippen LogP contribution in [-0.4, -0.2) is 84.3 Å². The van der Waals surface area contributed by atoms with E-state index in [1.165, 1.54) is 44.7 Å². The lowest BCUT2D eigenvalue weighted by Crippen LogP contribution is -2.45. The van der Waals surface area contributed by atoms with E-state index in [0.717, 1.165) is 28.6 Å². The Bertz CT molecular complexity index is 1260. The molecular weight excluding hydrogens is 458 g/mol. The monoisotopic (exact) mass is 487 g/mol. The molecule has 0 aliphatic carbocycles. The first-order chi connectivity index (χ1) is 16.2. The standard InChI is InChI=1S/C22H29N7O4S/c1-15-12-28(13-16(2)33-15)20-19-11-26-29(21(19)25-14-24-20)10-9-23-22(30)17-5-7-18(8-6-17)34(31,32)27(3)4/h5-8,11,14-16H,9-10,12-13H2,1-4H3,(H,23,30)/t15-,16-/m1/s1. The van der Waals surface area contributed by atoms with Crippen LogP contribution in [0.15, 0.2) is 41.7 Å². The molecule has 0 bridgehead atoms. The third kappa shape index (κ3) is 4.88. The molecule has 2 aromatic heterocycles. The fourth-order valence-electron chi connectivity index (χ4n) is 4.01. The first kappa shape index (κ1) is 24.0. The molecule has 0 saturated carbocycles. The van der Waals surface area contributed by atoms with E-state index in [1.54, 1.807) is 10.9 Å². The lowest BCUT2D eigenvalue weighted by Gasteiger charge is -2.36.